The lowest BCUT2D eigenvalue weighted by atomic mass is 10.0. The van der Waals surface area contributed by atoms with Gasteiger partial charge >= 0.3 is 0 Å². The molecule has 0 aliphatic carbocycles. The van der Waals surface area contributed by atoms with Crippen LogP contribution in [0, 0.1) is 0 Å². The van der Waals surface area contributed by atoms with E-state index in [-0.39, 0.29) is 12.3 Å². The first-order chi connectivity index (χ1) is 10.6. The molecule has 2 aromatic rings. The van der Waals surface area contributed by atoms with Gasteiger partial charge in [-0.2, -0.15) is 5.10 Å². The molecular weight excluding hydrogens is 280 g/mol. The van der Waals surface area contributed by atoms with Crippen LogP contribution in [0.15, 0.2) is 24.3 Å². The zero-order valence-corrected chi connectivity index (χ0v) is 13.2. The van der Waals surface area contributed by atoms with Crippen molar-refractivity contribution in [3.05, 3.63) is 29.8 Å². The zero-order valence-electron chi connectivity index (χ0n) is 13.2. The number of aromatic amines is 1. The highest BCUT2D eigenvalue weighted by molar-refractivity contribution is 5.83. The molecule has 1 heterocycles. The number of nitrogen functional groups attached to an aromatic ring is 1. The Balaban J connectivity index is 2.29. The second-order valence-electron chi connectivity index (χ2n) is 4.93. The van der Waals surface area contributed by atoms with E-state index in [4.69, 9.17) is 10.5 Å². The van der Waals surface area contributed by atoms with Gasteiger partial charge in [-0.1, -0.05) is 0 Å². The van der Waals surface area contributed by atoms with E-state index in [9.17, 15) is 4.79 Å². The molecule has 0 radical (unpaired) electrons. The highest BCUT2D eigenvalue weighted by Crippen LogP contribution is 2.27. The third kappa shape index (κ3) is 3.21. The van der Waals surface area contributed by atoms with Gasteiger partial charge in [0.05, 0.1) is 19.2 Å². The highest BCUT2D eigenvalue weighted by atomic mass is 16.5. The minimum absolute atomic E-state index is 0.0489. The van der Waals surface area contributed by atoms with Crippen molar-refractivity contribution in [3.8, 4) is 17.0 Å². The van der Waals surface area contributed by atoms with Gasteiger partial charge in [0.25, 0.3) is 0 Å². The molecule has 0 saturated heterocycles. The fraction of sp³-hybridized carbons (Fsp3) is 0.375. The van der Waals surface area contributed by atoms with E-state index in [1.165, 1.54) is 0 Å². The summed E-state index contributed by atoms with van der Waals surface area (Å²) < 4.78 is 5.15. The van der Waals surface area contributed by atoms with Crippen molar-refractivity contribution in [2.45, 2.75) is 20.3 Å². The standard InChI is InChI=1S/C16H22N4O2/c1-4-20(5-2)14(21)10-13-15(18-19-16(13)17)11-6-8-12(22-3)9-7-11/h6-9H,4-5,10H2,1-3H3,(H3,17,18,19). The quantitative estimate of drug-likeness (QED) is 0.855. The van der Waals surface area contributed by atoms with Gasteiger partial charge in [0.15, 0.2) is 0 Å². The van der Waals surface area contributed by atoms with E-state index in [1.807, 2.05) is 38.1 Å². The number of aromatic nitrogens is 2. The topological polar surface area (TPSA) is 84.2 Å². The number of amides is 1. The Morgan fingerprint density at radius 2 is 1.91 bits per heavy atom. The molecular formula is C16H22N4O2. The SMILES string of the molecule is CCN(CC)C(=O)Cc1c(N)n[nH]c1-c1ccc(OC)cc1. The Morgan fingerprint density at radius 3 is 2.45 bits per heavy atom. The molecule has 6 nitrogen and oxygen atoms in total. The molecule has 0 aliphatic rings. The second-order valence-corrected chi connectivity index (χ2v) is 4.93. The summed E-state index contributed by atoms with van der Waals surface area (Å²) in [5.74, 6) is 1.19. The van der Waals surface area contributed by atoms with Crippen LogP contribution in [-0.4, -0.2) is 41.2 Å². The number of benzene rings is 1. The maximum Gasteiger partial charge on any atom is 0.227 e. The van der Waals surface area contributed by atoms with Gasteiger partial charge in [-0.3, -0.25) is 9.89 Å². The number of ether oxygens (including phenoxy) is 1. The predicted molar refractivity (Wildman–Crippen MR) is 86.6 cm³/mol. The number of hydrogen-bond donors (Lipinski definition) is 2. The van der Waals surface area contributed by atoms with Crippen LogP contribution < -0.4 is 10.5 Å². The minimum atomic E-state index is 0.0489. The van der Waals surface area contributed by atoms with E-state index < -0.39 is 0 Å². The molecule has 118 valence electrons. The van der Waals surface area contributed by atoms with Crippen molar-refractivity contribution in [1.29, 1.82) is 0 Å². The number of nitrogens with one attached hydrogen (secondary N) is 1. The third-order valence-electron chi connectivity index (χ3n) is 3.72. The van der Waals surface area contributed by atoms with E-state index in [1.54, 1.807) is 12.0 Å². The fourth-order valence-electron chi connectivity index (χ4n) is 2.39. The molecule has 0 aliphatic heterocycles. The fourth-order valence-corrected chi connectivity index (χ4v) is 2.39. The Kier molecular flexibility index (Phi) is 5.04. The number of hydrogen-bond acceptors (Lipinski definition) is 4. The summed E-state index contributed by atoms with van der Waals surface area (Å²) in [6.45, 7) is 5.30. The molecule has 1 aromatic heterocycles. The summed E-state index contributed by atoms with van der Waals surface area (Å²) in [7, 11) is 1.62. The van der Waals surface area contributed by atoms with Crippen LogP contribution in [0.2, 0.25) is 0 Å². The number of methoxy groups -OCH3 is 1. The van der Waals surface area contributed by atoms with Gasteiger partial charge in [0.1, 0.15) is 11.6 Å². The van der Waals surface area contributed by atoms with E-state index in [2.05, 4.69) is 10.2 Å². The largest absolute Gasteiger partial charge is 0.497 e. The van der Waals surface area contributed by atoms with Crippen molar-refractivity contribution in [3.63, 3.8) is 0 Å². The summed E-state index contributed by atoms with van der Waals surface area (Å²) in [4.78, 5) is 14.1. The number of likely N-dealkylation sites (N-methyl/N-ethyl adjacent to an activating group) is 1. The predicted octanol–water partition coefficient (Wildman–Crippen LogP) is 2.08. The molecule has 0 atom stereocenters. The first kappa shape index (κ1) is 15.9. The van der Waals surface area contributed by atoms with Crippen LogP contribution in [0.4, 0.5) is 5.82 Å². The maximum atomic E-state index is 12.3. The number of nitrogens with two attached hydrogens (primary N) is 1. The van der Waals surface area contributed by atoms with Crippen molar-refractivity contribution in [2.75, 3.05) is 25.9 Å². The van der Waals surface area contributed by atoms with Crippen LogP contribution in [0.3, 0.4) is 0 Å². The lowest BCUT2D eigenvalue weighted by molar-refractivity contribution is -0.130. The van der Waals surface area contributed by atoms with Crippen LogP contribution in [-0.2, 0) is 11.2 Å². The first-order valence-electron chi connectivity index (χ1n) is 7.35. The summed E-state index contributed by atoms with van der Waals surface area (Å²) in [6, 6.07) is 7.55. The molecule has 6 heteroatoms. The van der Waals surface area contributed by atoms with E-state index in [0.717, 1.165) is 22.6 Å². The van der Waals surface area contributed by atoms with Crippen LogP contribution >= 0.6 is 0 Å². The van der Waals surface area contributed by atoms with Gasteiger partial charge in [-0.05, 0) is 38.1 Å². The van der Waals surface area contributed by atoms with Crippen molar-refractivity contribution in [1.82, 2.24) is 15.1 Å². The Labute approximate surface area is 130 Å². The number of anilines is 1. The summed E-state index contributed by atoms with van der Waals surface area (Å²) >= 11 is 0. The van der Waals surface area contributed by atoms with Gasteiger partial charge in [-0.15, -0.1) is 0 Å². The summed E-state index contributed by atoms with van der Waals surface area (Å²) in [5, 5.41) is 6.97. The number of rotatable bonds is 6. The molecule has 2 rings (SSSR count). The molecule has 0 spiro atoms. The van der Waals surface area contributed by atoms with E-state index in [0.29, 0.717) is 18.9 Å². The summed E-state index contributed by atoms with van der Waals surface area (Å²) in [5.41, 5.74) is 8.37. The number of H-pyrrole nitrogens is 1. The minimum Gasteiger partial charge on any atom is -0.497 e. The molecule has 0 bridgehead atoms. The average molecular weight is 302 g/mol. The molecule has 0 saturated carbocycles. The van der Waals surface area contributed by atoms with Gasteiger partial charge in [-0.25, -0.2) is 0 Å². The average Bonchev–Trinajstić information content (AvgIpc) is 2.90. The molecule has 3 N–H and O–H groups in total. The molecule has 1 amide bonds. The molecule has 0 unspecified atom stereocenters. The van der Waals surface area contributed by atoms with Crippen molar-refractivity contribution < 1.29 is 9.53 Å². The Hall–Kier alpha value is -2.50. The molecule has 22 heavy (non-hydrogen) atoms. The van der Waals surface area contributed by atoms with Crippen LogP contribution in [0.25, 0.3) is 11.3 Å². The normalized spacial score (nSPS) is 10.5. The Morgan fingerprint density at radius 1 is 1.27 bits per heavy atom. The summed E-state index contributed by atoms with van der Waals surface area (Å²) in [6.07, 6.45) is 0.241. The monoisotopic (exact) mass is 302 g/mol. The van der Waals surface area contributed by atoms with Gasteiger partial charge < -0.3 is 15.4 Å². The third-order valence-corrected chi connectivity index (χ3v) is 3.72. The first-order valence-corrected chi connectivity index (χ1v) is 7.35. The smallest absolute Gasteiger partial charge is 0.227 e. The van der Waals surface area contributed by atoms with Crippen molar-refractivity contribution >= 4 is 11.7 Å². The van der Waals surface area contributed by atoms with E-state index >= 15 is 0 Å². The second kappa shape index (κ2) is 6.98. The van der Waals surface area contributed by atoms with Crippen molar-refractivity contribution in [2.24, 2.45) is 0 Å². The number of nitrogens with zero attached hydrogens (tertiary/aromatic N) is 2. The zero-order chi connectivity index (χ0) is 16.1. The van der Waals surface area contributed by atoms with Gasteiger partial charge in [0, 0.05) is 24.2 Å². The lowest BCUT2D eigenvalue weighted by Gasteiger charge is -2.18. The maximum absolute atomic E-state index is 12.3. The Bertz CT molecular complexity index is 630. The molecule has 0 fully saturated rings. The number of carbonyl (C=O) groups excluding carboxylic acids is 1. The van der Waals surface area contributed by atoms with Crippen LogP contribution in [0.5, 0.6) is 5.75 Å². The van der Waals surface area contributed by atoms with Crippen LogP contribution in [0.1, 0.15) is 19.4 Å². The lowest BCUT2D eigenvalue weighted by Crippen LogP contribution is -2.32. The number of carbonyl (C=O) groups is 1. The van der Waals surface area contributed by atoms with Gasteiger partial charge in [0.2, 0.25) is 5.91 Å². The highest BCUT2D eigenvalue weighted by Gasteiger charge is 2.18. The molecule has 1 aromatic carbocycles.